The van der Waals surface area contributed by atoms with Crippen LogP contribution in [0, 0.1) is 0 Å². The number of benzene rings is 2. The molecule has 0 spiro atoms. The molecule has 0 unspecified atom stereocenters. The minimum absolute atomic E-state index is 0.124. The van der Waals surface area contributed by atoms with E-state index in [1.165, 1.54) is 25.3 Å². The zero-order valence-electron chi connectivity index (χ0n) is 14.9. The topological polar surface area (TPSA) is 93.7 Å². The molecule has 0 fully saturated rings. The molecule has 2 N–H and O–H groups in total. The van der Waals surface area contributed by atoms with Gasteiger partial charge in [0.05, 0.1) is 47.8 Å². The van der Waals surface area contributed by atoms with E-state index in [1.807, 2.05) is 0 Å². The van der Waals surface area contributed by atoms with Crippen LogP contribution in [0.1, 0.15) is 27.6 Å². The highest BCUT2D eigenvalue weighted by molar-refractivity contribution is 6.33. The first-order valence-electron chi connectivity index (χ1n) is 8.14. The van der Waals surface area contributed by atoms with E-state index in [2.05, 4.69) is 15.4 Å². The van der Waals surface area contributed by atoms with Crippen molar-refractivity contribution in [2.45, 2.75) is 6.92 Å². The predicted molar refractivity (Wildman–Crippen MR) is 102 cm³/mol. The number of anilines is 2. The molecule has 0 aliphatic heterocycles. The summed E-state index contributed by atoms with van der Waals surface area (Å²) in [7, 11) is 1.28. The number of halogens is 1. The lowest BCUT2D eigenvalue weighted by Crippen LogP contribution is -2.23. The van der Waals surface area contributed by atoms with Gasteiger partial charge in [0.15, 0.2) is 0 Å². The van der Waals surface area contributed by atoms with Gasteiger partial charge in [-0.1, -0.05) is 23.7 Å². The van der Waals surface area contributed by atoms with E-state index in [4.69, 9.17) is 16.3 Å². The van der Waals surface area contributed by atoms with Gasteiger partial charge >= 0.3 is 11.9 Å². The van der Waals surface area contributed by atoms with Gasteiger partial charge in [0.1, 0.15) is 0 Å². The van der Waals surface area contributed by atoms with Crippen LogP contribution >= 0.6 is 11.6 Å². The molecule has 0 saturated carbocycles. The molecule has 2 aromatic carbocycles. The Hall–Kier alpha value is -3.06. The molecule has 27 heavy (non-hydrogen) atoms. The van der Waals surface area contributed by atoms with E-state index < -0.39 is 17.8 Å². The van der Waals surface area contributed by atoms with E-state index >= 15 is 0 Å². The van der Waals surface area contributed by atoms with Crippen molar-refractivity contribution in [3.63, 3.8) is 0 Å². The zero-order valence-corrected chi connectivity index (χ0v) is 15.6. The fourth-order valence-electron chi connectivity index (χ4n) is 2.25. The number of methoxy groups -OCH3 is 1. The first-order valence-corrected chi connectivity index (χ1v) is 8.51. The van der Waals surface area contributed by atoms with Gasteiger partial charge in [-0.25, -0.2) is 9.59 Å². The quantitative estimate of drug-likeness (QED) is 0.704. The average Bonchev–Trinajstić information content (AvgIpc) is 2.67. The number of nitrogens with one attached hydrogen (secondary N) is 2. The maximum atomic E-state index is 12.2. The fraction of sp³-hybridized carbons (Fsp3) is 0.211. The van der Waals surface area contributed by atoms with Gasteiger partial charge in [-0.05, 0) is 37.3 Å². The molecule has 0 aliphatic rings. The number of hydrogen-bond acceptors (Lipinski definition) is 6. The second-order valence-electron chi connectivity index (χ2n) is 5.35. The molecule has 8 heteroatoms. The van der Waals surface area contributed by atoms with Crippen LogP contribution in [0.25, 0.3) is 0 Å². The third-order valence-corrected chi connectivity index (χ3v) is 3.85. The highest BCUT2D eigenvalue weighted by Gasteiger charge is 2.14. The van der Waals surface area contributed by atoms with E-state index in [0.29, 0.717) is 22.0 Å². The highest BCUT2D eigenvalue weighted by atomic mass is 35.5. The number of ether oxygens (including phenoxy) is 2. The van der Waals surface area contributed by atoms with E-state index in [9.17, 15) is 14.4 Å². The Morgan fingerprint density at radius 3 is 2.48 bits per heavy atom. The molecule has 0 aliphatic carbocycles. The molecular formula is C19H19ClN2O5. The Kier molecular flexibility index (Phi) is 7.19. The molecule has 0 atom stereocenters. The van der Waals surface area contributed by atoms with Crippen LogP contribution in [0.3, 0.4) is 0 Å². The van der Waals surface area contributed by atoms with Gasteiger partial charge in [0.2, 0.25) is 5.91 Å². The fourth-order valence-corrected chi connectivity index (χ4v) is 2.44. The third-order valence-electron chi connectivity index (χ3n) is 3.52. The van der Waals surface area contributed by atoms with Crippen LogP contribution in [0.4, 0.5) is 11.4 Å². The van der Waals surface area contributed by atoms with Gasteiger partial charge < -0.3 is 20.1 Å². The summed E-state index contributed by atoms with van der Waals surface area (Å²) in [5.74, 6) is -1.43. The van der Waals surface area contributed by atoms with Crippen LogP contribution in [-0.4, -0.2) is 38.1 Å². The maximum absolute atomic E-state index is 12.2. The number of hydrogen-bond donors (Lipinski definition) is 2. The number of esters is 2. The number of carbonyl (C=O) groups excluding carboxylic acids is 3. The SMILES string of the molecule is CCOC(=O)c1ccccc1NC(=O)CNc1cc(C(=O)OC)ccc1Cl. The van der Waals surface area contributed by atoms with Crippen molar-refractivity contribution < 1.29 is 23.9 Å². The Bertz CT molecular complexity index is 854. The molecule has 0 aromatic heterocycles. The van der Waals surface area contributed by atoms with Crippen LogP contribution in [0.2, 0.25) is 5.02 Å². The molecule has 142 valence electrons. The van der Waals surface area contributed by atoms with Crippen LogP contribution in [0.5, 0.6) is 0 Å². The van der Waals surface area contributed by atoms with Crippen molar-refractivity contribution in [1.82, 2.24) is 0 Å². The lowest BCUT2D eigenvalue weighted by atomic mass is 10.1. The monoisotopic (exact) mass is 390 g/mol. The summed E-state index contributed by atoms with van der Waals surface area (Å²) in [5.41, 5.74) is 1.32. The predicted octanol–water partition coefficient (Wildman–Crippen LogP) is 3.35. The van der Waals surface area contributed by atoms with Gasteiger partial charge in [-0.3, -0.25) is 4.79 Å². The zero-order chi connectivity index (χ0) is 19.8. The largest absolute Gasteiger partial charge is 0.465 e. The third kappa shape index (κ3) is 5.46. The minimum Gasteiger partial charge on any atom is -0.465 e. The normalized spacial score (nSPS) is 10.0. The lowest BCUT2D eigenvalue weighted by molar-refractivity contribution is -0.114. The summed E-state index contributed by atoms with van der Waals surface area (Å²) in [6.45, 7) is 1.81. The first-order chi connectivity index (χ1) is 13.0. The molecule has 0 heterocycles. The first kappa shape index (κ1) is 20.3. The van der Waals surface area contributed by atoms with Crippen LogP contribution < -0.4 is 10.6 Å². The van der Waals surface area contributed by atoms with Crippen LogP contribution in [0.15, 0.2) is 42.5 Å². The van der Waals surface area contributed by atoms with Gasteiger partial charge in [0.25, 0.3) is 0 Å². The van der Waals surface area contributed by atoms with E-state index in [1.54, 1.807) is 31.2 Å². The molecule has 2 aromatic rings. The average molecular weight is 391 g/mol. The maximum Gasteiger partial charge on any atom is 0.340 e. The van der Waals surface area contributed by atoms with Crippen molar-refractivity contribution in [3.05, 3.63) is 58.6 Å². The molecule has 0 radical (unpaired) electrons. The standard InChI is InChI=1S/C19H19ClN2O5/c1-3-27-19(25)13-6-4-5-7-15(13)22-17(23)11-21-16-10-12(18(24)26-2)8-9-14(16)20/h4-10,21H,3,11H2,1-2H3,(H,22,23). The van der Waals surface area contributed by atoms with Crippen molar-refractivity contribution in [2.24, 2.45) is 0 Å². The van der Waals surface area contributed by atoms with Gasteiger partial charge in [-0.15, -0.1) is 0 Å². The number of carbonyl (C=O) groups is 3. The summed E-state index contributed by atoms with van der Waals surface area (Å²) < 4.78 is 9.63. The van der Waals surface area contributed by atoms with Gasteiger partial charge in [0, 0.05) is 0 Å². The van der Waals surface area contributed by atoms with Crippen molar-refractivity contribution in [2.75, 3.05) is 30.9 Å². The summed E-state index contributed by atoms with van der Waals surface area (Å²) in [5, 5.41) is 5.86. The van der Waals surface area contributed by atoms with Gasteiger partial charge in [-0.2, -0.15) is 0 Å². The summed E-state index contributed by atoms with van der Waals surface area (Å²) in [6, 6.07) is 11.1. The smallest absolute Gasteiger partial charge is 0.340 e. The molecule has 1 amide bonds. The number of rotatable bonds is 7. The summed E-state index contributed by atoms with van der Waals surface area (Å²) in [6.07, 6.45) is 0. The Morgan fingerprint density at radius 2 is 1.78 bits per heavy atom. The molecular weight excluding hydrogens is 372 g/mol. The molecule has 2 rings (SSSR count). The van der Waals surface area contributed by atoms with Crippen LogP contribution in [-0.2, 0) is 14.3 Å². The van der Waals surface area contributed by atoms with E-state index in [0.717, 1.165) is 0 Å². The summed E-state index contributed by atoms with van der Waals surface area (Å²) >= 11 is 6.08. The summed E-state index contributed by atoms with van der Waals surface area (Å²) in [4.78, 5) is 35.8. The Morgan fingerprint density at radius 1 is 1.04 bits per heavy atom. The highest BCUT2D eigenvalue weighted by Crippen LogP contribution is 2.23. The Labute approximate surface area is 161 Å². The second-order valence-corrected chi connectivity index (χ2v) is 5.76. The molecule has 0 bridgehead atoms. The minimum atomic E-state index is -0.518. The number of para-hydroxylation sites is 1. The molecule has 0 saturated heterocycles. The second kappa shape index (κ2) is 9.59. The van der Waals surface area contributed by atoms with Crippen molar-refractivity contribution in [1.29, 1.82) is 0 Å². The van der Waals surface area contributed by atoms with Crippen molar-refractivity contribution >= 4 is 40.8 Å². The molecule has 7 nitrogen and oxygen atoms in total. The Balaban J connectivity index is 2.06. The number of amides is 1. The lowest BCUT2D eigenvalue weighted by Gasteiger charge is -2.12. The van der Waals surface area contributed by atoms with Crippen molar-refractivity contribution in [3.8, 4) is 0 Å². The van der Waals surface area contributed by atoms with E-state index in [-0.39, 0.29) is 18.7 Å².